The predicted octanol–water partition coefficient (Wildman–Crippen LogP) is 5.82. The molecule has 0 saturated carbocycles. The van der Waals surface area contributed by atoms with Crippen molar-refractivity contribution in [2.24, 2.45) is 5.16 Å². The summed E-state index contributed by atoms with van der Waals surface area (Å²) in [6.07, 6.45) is 0.547. The Labute approximate surface area is 188 Å². The fourth-order valence-corrected chi connectivity index (χ4v) is 5.26. The molecule has 3 aromatic rings. The summed E-state index contributed by atoms with van der Waals surface area (Å²) in [6.45, 7) is 6.42. The monoisotopic (exact) mass is 425 g/mol. The molecule has 32 heavy (non-hydrogen) atoms. The van der Waals surface area contributed by atoms with Crippen molar-refractivity contribution in [3.05, 3.63) is 101 Å². The van der Waals surface area contributed by atoms with Gasteiger partial charge in [-0.15, -0.1) is 0 Å². The van der Waals surface area contributed by atoms with Crippen LogP contribution in [-0.2, 0) is 10.3 Å². The number of nitrogens with zero attached hydrogens (tertiary/aromatic N) is 1. The molecule has 1 aliphatic carbocycles. The topological polar surface area (TPSA) is 47.9 Å². The van der Waals surface area contributed by atoms with Crippen LogP contribution in [-0.4, -0.2) is 24.2 Å². The van der Waals surface area contributed by atoms with Crippen molar-refractivity contribution in [3.8, 4) is 5.75 Å². The van der Waals surface area contributed by atoms with Crippen LogP contribution in [0.25, 0.3) is 0 Å². The number of methoxy groups -OCH3 is 1. The first kappa shape index (κ1) is 20.5. The summed E-state index contributed by atoms with van der Waals surface area (Å²) in [5.41, 5.74) is 4.38. The number of carbonyl (C=O) groups excluding carboxylic acids is 1. The van der Waals surface area contributed by atoms with Gasteiger partial charge in [-0.2, -0.15) is 0 Å². The van der Waals surface area contributed by atoms with E-state index in [1.807, 2.05) is 42.5 Å². The molecule has 0 fully saturated rings. The lowest BCUT2D eigenvalue weighted by atomic mass is 9.60. The van der Waals surface area contributed by atoms with Crippen molar-refractivity contribution in [1.82, 2.24) is 0 Å². The van der Waals surface area contributed by atoms with Crippen LogP contribution < -0.4 is 4.74 Å². The molecule has 0 bridgehead atoms. The van der Waals surface area contributed by atoms with Gasteiger partial charge in [0.25, 0.3) is 0 Å². The highest BCUT2D eigenvalue weighted by atomic mass is 16.7. The van der Waals surface area contributed by atoms with Gasteiger partial charge in [-0.05, 0) is 35.6 Å². The van der Waals surface area contributed by atoms with Crippen LogP contribution in [0.2, 0.25) is 0 Å². The highest BCUT2D eigenvalue weighted by Gasteiger charge is 2.60. The molecule has 0 unspecified atom stereocenters. The normalized spacial score (nSPS) is 23.4. The maximum atomic E-state index is 14.0. The molecule has 162 valence electrons. The molecule has 2 atom stereocenters. The number of hydrogen-bond acceptors (Lipinski definition) is 4. The molecule has 1 heterocycles. The number of ketones is 1. The zero-order valence-corrected chi connectivity index (χ0v) is 18.9. The molecular weight excluding hydrogens is 398 g/mol. The second-order valence-corrected chi connectivity index (χ2v) is 9.46. The fourth-order valence-electron chi connectivity index (χ4n) is 5.26. The van der Waals surface area contributed by atoms with Crippen LogP contribution in [0.3, 0.4) is 0 Å². The van der Waals surface area contributed by atoms with E-state index in [2.05, 4.69) is 56.3 Å². The summed E-state index contributed by atoms with van der Waals surface area (Å²) < 4.78 is 5.37. The molecule has 5 rings (SSSR count). The van der Waals surface area contributed by atoms with E-state index >= 15 is 0 Å². The Kier molecular flexibility index (Phi) is 4.70. The Bertz CT molecular complexity index is 1210. The van der Waals surface area contributed by atoms with Gasteiger partial charge in [0.15, 0.2) is 0 Å². The highest BCUT2D eigenvalue weighted by Crippen LogP contribution is 2.52. The highest BCUT2D eigenvalue weighted by molar-refractivity contribution is 6.15. The lowest BCUT2D eigenvalue weighted by Gasteiger charge is -2.43. The Morgan fingerprint density at radius 2 is 1.66 bits per heavy atom. The third kappa shape index (κ3) is 3.05. The van der Waals surface area contributed by atoms with Crippen LogP contribution in [0, 0.1) is 6.92 Å². The van der Waals surface area contributed by atoms with Crippen molar-refractivity contribution in [2.45, 2.75) is 44.1 Å². The fraction of sp³-hybridized carbons (Fsp3) is 0.286. The number of carbonyl (C=O) groups is 1. The van der Waals surface area contributed by atoms with E-state index in [4.69, 9.17) is 9.57 Å². The SMILES string of the molecule is COc1ccc([C@H]2C(c3ccc(C)cc3)=NO[C@@]23CC(C)(C)c2ccccc2C3=O)cc1. The molecule has 0 saturated heterocycles. The number of rotatable bonds is 3. The van der Waals surface area contributed by atoms with Crippen LogP contribution in [0.4, 0.5) is 0 Å². The first-order chi connectivity index (χ1) is 15.4. The molecule has 4 heteroatoms. The molecule has 0 radical (unpaired) electrons. The van der Waals surface area contributed by atoms with Gasteiger partial charge in [0.1, 0.15) is 5.75 Å². The summed E-state index contributed by atoms with van der Waals surface area (Å²) in [7, 11) is 1.65. The van der Waals surface area contributed by atoms with Gasteiger partial charge in [0.2, 0.25) is 11.4 Å². The molecular formula is C28H27NO3. The van der Waals surface area contributed by atoms with Crippen LogP contribution >= 0.6 is 0 Å². The summed E-state index contributed by atoms with van der Waals surface area (Å²) in [5, 5.41) is 4.57. The number of oxime groups is 1. The molecule has 1 spiro atoms. The lowest BCUT2D eigenvalue weighted by molar-refractivity contribution is -0.0316. The van der Waals surface area contributed by atoms with Crippen molar-refractivity contribution in [2.75, 3.05) is 7.11 Å². The predicted molar refractivity (Wildman–Crippen MR) is 126 cm³/mol. The molecule has 0 N–H and O–H groups in total. The van der Waals surface area contributed by atoms with Crippen molar-refractivity contribution in [3.63, 3.8) is 0 Å². The molecule has 0 amide bonds. The van der Waals surface area contributed by atoms with Gasteiger partial charge in [0.05, 0.1) is 18.7 Å². The first-order valence-electron chi connectivity index (χ1n) is 11.0. The Morgan fingerprint density at radius 3 is 2.34 bits per heavy atom. The van der Waals surface area contributed by atoms with E-state index in [0.717, 1.165) is 33.7 Å². The number of fused-ring (bicyclic) bond motifs is 1. The summed E-state index contributed by atoms with van der Waals surface area (Å²) in [5.74, 6) is 0.450. The number of Topliss-reactive ketones (excluding diaryl/α,β-unsaturated/α-hetero) is 1. The van der Waals surface area contributed by atoms with E-state index in [0.29, 0.717) is 6.42 Å². The maximum absolute atomic E-state index is 14.0. The third-order valence-corrected chi connectivity index (χ3v) is 6.83. The van der Waals surface area contributed by atoms with Crippen molar-refractivity contribution >= 4 is 11.5 Å². The second-order valence-electron chi connectivity index (χ2n) is 9.46. The number of hydrogen-bond donors (Lipinski definition) is 0. The second kappa shape index (κ2) is 7.33. The number of benzene rings is 3. The molecule has 0 aromatic heterocycles. The van der Waals surface area contributed by atoms with E-state index in [-0.39, 0.29) is 17.1 Å². The van der Waals surface area contributed by atoms with Gasteiger partial charge >= 0.3 is 0 Å². The minimum atomic E-state index is -1.09. The average molecular weight is 426 g/mol. The van der Waals surface area contributed by atoms with Gasteiger partial charge in [-0.1, -0.05) is 85.2 Å². The zero-order chi connectivity index (χ0) is 22.5. The summed E-state index contributed by atoms with van der Waals surface area (Å²) in [4.78, 5) is 20.3. The minimum Gasteiger partial charge on any atom is -0.497 e. The van der Waals surface area contributed by atoms with E-state index in [9.17, 15) is 4.79 Å². The van der Waals surface area contributed by atoms with Crippen molar-refractivity contribution < 1.29 is 14.4 Å². The summed E-state index contributed by atoms with van der Waals surface area (Å²) >= 11 is 0. The van der Waals surface area contributed by atoms with Crippen LogP contribution in [0.5, 0.6) is 5.75 Å². The van der Waals surface area contributed by atoms with Crippen molar-refractivity contribution in [1.29, 1.82) is 0 Å². The molecule has 1 aliphatic heterocycles. The van der Waals surface area contributed by atoms with Crippen LogP contribution in [0.15, 0.2) is 78.0 Å². The zero-order valence-electron chi connectivity index (χ0n) is 18.9. The van der Waals surface area contributed by atoms with Gasteiger partial charge in [-0.25, -0.2) is 0 Å². The molecule has 4 nitrogen and oxygen atoms in total. The average Bonchev–Trinajstić information content (AvgIpc) is 3.17. The molecule has 2 aliphatic rings. The number of aryl methyl sites for hydroxylation is 1. The molecule has 3 aromatic carbocycles. The van der Waals surface area contributed by atoms with E-state index in [1.54, 1.807) is 7.11 Å². The van der Waals surface area contributed by atoms with Gasteiger partial charge in [-0.3, -0.25) is 4.79 Å². The smallest absolute Gasteiger partial charge is 0.213 e. The lowest BCUT2D eigenvalue weighted by Crippen LogP contribution is -2.53. The summed E-state index contributed by atoms with van der Waals surface area (Å²) in [6, 6.07) is 24.0. The Hall–Kier alpha value is -3.40. The first-order valence-corrected chi connectivity index (χ1v) is 11.0. The van der Waals surface area contributed by atoms with E-state index < -0.39 is 5.60 Å². The minimum absolute atomic E-state index is 0.000829. The Morgan fingerprint density at radius 1 is 0.969 bits per heavy atom. The quantitative estimate of drug-likeness (QED) is 0.531. The third-order valence-electron chi connectivity index (χ3n) is 6.83. The van der Waals surface area contributed by atoms with Crippen LogP contribution in [0.1, 0.15) is 58.8 Å². The Balaban J connectivity index is 1.69. The number of ether oxygens (including phenoxy) is 1. The van der Waals surface area contributed by atoms with Gasteiger partial charge in [0, 0.05) is 17.5 Å². The maximum Gasteiger partial charge on any atom is 0.213 e. The van der Waals surface area contributed by atoms with E-state index in [1.165, 1.54) is 5.56 Å². The standard InChI is InChI=1S/C28H27NO3/c1-18-9-11-20(12-10-18)25-24(19-13-15-21(31-4)16-14-19)28(32-29-25)17-27(2,3)23-8-6-5-7-22(23)26(28)30/h5-16,24H,17H2,1-4H3/t24-,28-/m0/s1. The van der Waals surface area contributed by atoms with Gasteiger partial charge < -0.3 is 9.57 Å². The largest absolute Gasteiger partial charge is 0.497 e.